The summed E-state index contributed by atoms with van der Waals surface area (Å²) in [6.07, 6.45) is 4.31. The lowest BCUT2D eigenvalue weighted by atomic mass is 10.2. The van der Waals surface area contributed by atoms with Crippen molar-refractivity contribution in [1.82, 2.24) is 25.3 Å². The Hall–Kier alpha value is -1.61. The van der Waals surface area contributed by atoms with Gasteiger partial charge in [-0.25, -0.2) is 4.99 Å². The number of likely N-dealkylation sites (tertiary alicyclic amines) is 1. The Morgan fingerprint density at radius 1 is 1.22 bits per heavy atom. The van der Waals surface area contributed by atoms with Gasteiger partial charge in [-0.1, -0.05) is 30.3 Å². The van der Waals surface area contributed by atoms with E-state index in [1.54, 1.807) is 0 Å². The van der Waals surface area contributed by atoms with Gasteiger partial charge in [0, 0.05) is 38.9 Å². The minimum absolute atomic E-state index is 0. The third kappa shape index (κ3) is 6.49. The van der Waals surface area contributed by atoms with E-state index in [-0.39, 0.29) is 24.0 Å². The highest BCUT2D eigenvalue weighted by Crippen LogP contribution is 2.19. The fraction of sp³-hybridized carbons (Fsp3) is 0.500. The number of aryl methyl sites for hydroxylation is 1. The second-order valence-electron chi connectivity index (χ2n) is 6.77. The Kier molecular flexibility index (Phi) is 9.06. The van der Waals surface area contributed by atoms with Crippen LogP contribution in [0, 0.1) is 0 Å². The van der Waals surface area contributed by atoms with Crippen LogP contribution < -0.4 is 10.6 Å². The SMILES string of the molecule is CCNC(=NCc1ccnn1C)NCC1CCCN1Cc1ccccc1.I. The molecule has 1 fully saturated rings. The topological polar surface area (TPSA) is 57.5 Å². The fourth-order valence-electron chi connectivity index (χ4n) is 3.43. The third-order valence-corrected chi connectivity index (χ3v) is 4.90. The van der Waals surface area contributed by atoms with E-state index >= 15 is 0 Å². The van der Waals surface area contributed by atoms with Gasteiger partial charge in [0.2, 0.25) is 0 Å². The summed E-state index contributed by atoms with van der Waals surface area (Å²) in [6, 6.07) is 13.3. The summed E-state index contributed by atoms with van der Waals surface area (Å²) in [6.45, 7) is 6.70. The first-order valence-corrected chi connectivity index (χ1v) is 9.53. The Labute approximate surface area is 179 Å². The van der Waals surface area contributed by atoms with Gasteiger partial charge in [-0.15, -0.1) is 24.0 Å². The lowest BCUT2D eigenvalue weighted by Gasteiger charge is -2.25. The van der Waals surface area contributed by atoms with E-state index in [1.165, 1.54) is 24.9 Å². The number of rotatable bonds is 7. The fourth-order valence-corrected chi connectivity index (χ4v) is 3.43. The molecule has 2 aromatic rings. The lowest BCUT2D eigenvalue weighted by molar-refractivity contribution is 0.245. The lowest BCUT2D eigenvalue weighted by Crippen LogP contribution is -2.44. The second-order valence-corrected chi connectivity index (χ2v) is 6.77. The maximum atomic E-state index is 4.70. The minimum atomic E-state index is 0. The van der Waals surface area contributed by atoms with Crippen molar-refractivity contribution in [3.63, 3.8) is 0 Å². The number of aliphatic imine (C=N–C) groups is 1. The van der Waals surface area contributed by atoms with Crippen LogP contribution in [0.4, 0.5) is 0 Å². The van der Waals surface area contributed by atoms with Gasteiger partial charge < -0.3 is 10.6 Å². The molecule has 6 nitrogen and oxygen atoms in total. The van der Waals surface area contributed by atoms with E-state index < -0.39 is 0 Å². The predicted octanol–water partition coefficient (Wildman–Crippen LogP) is 2.76. The predicted molar refractivity (Wildman–Crippen MR) is 121 cm³/mol. The van der Waals surface area contributed by atoms with Crippen molar-refractivity contribution in [1.29, 1.82) is 0 Å². The van der Waals surface area contributed by atoms with Crippen LogP contribution >= 0.6 is 24.0 Å². The monoisotopic (exact) mass is 482 g/mol. The normalized spacial score (nSPS) is 17.6. The summed E-state index contributed by atoms with van der Waals surface area (Å²) in [5, 5.41) is 11.1. The van der Waals surface area contributed by atoms with Gasteiger partial charge >= 0.3 is 0 Å². The first-order valence-electron chi connectivity index (χ1n) is 9.53. The van der Waals surface area contributed by atoms with Crippen LogP contribution in [-0.2, 0) is 20.1 Å². The highest BCUT2D eigenvalue weighted by molar-refractivity contribution is 14.0. The van der Waals surface area contributed by atoms with E-state index in [2.05, 4.69) is 57.9 Å². The summed E-state index contributed by atoms with van der Waals surface area (Å²) in [5.74, 6) is 0.875. The molecule has 27 heavy (non-hydrogen) atoms. The molecule has 1 atom stereocenters. The number of benzene rings is 1. The van der Waals surface area contributed by atoms with Crippen LogP contribution in [0.3, 0.4) is 0 Å². The highest BCUT2D eigenvalue weighted by Gasteiger charge is 2.24. The number of nitrogens with one attached hydrogen (secondary N) is 2. The molecule has 1 aliphatic heterocycles. The number of hydrogen-bond donors (Lipinski definition) is 2. The zero-order valence-electron chi connectivity index (χ0n) is 16.3. The largest absolute Gasteiger partial charge is 0.357 e. The molecule has 148 valence electrons. The van der Waals surface area contributed by atoms with Gasteiger partial charge in [-0.05, 0) is 37.9 Å². The summed E-state index contributed by atoms with van der Waals surface area (Å²) in [5.41, 5.74) is 2.49. The van der Waals surface area contributed by atoms with Gasteiger partial charge in [0.25, 0.3) is 0 Å². The maximum Gasteiger partial charge on any atom is 0.191 e. The molecule has 3 rings (SSSR count). The second kappa shape index (κ2) is 11.3. The smallest absolute Gasteiger partial charge is 0.191 e. The van der Waals surface area contributed by atoms with Crippen molar-refractivity contribution in [3.05, 3.63) is 53.9 Å². The minimum Gasteiger partial charge on any atom is -0.357 e. The molecule has 0 bridgehead atoms. The standard InChI is InChI=1S/C20H30N6.HI/c1-3-21-20(22-14-18-11-12-24-25(18)2)23-15-19-10-7-13-26(19)16-17-8-5-4-6-9-17;/h4-6,8-9,11-12,19H,3,7,10,13-16H2,1-2H3,(H2,21,22,23);1H. The van der Waals surface area contributed by atoms with Crippen LogP contribution in [-0.4, -0.2) is 46.3 Å². The van der Waals surface area contributed by atoms with E-state index in [4.69, 9.17) is 4.99 Å². The number of halogens is 1. The molecule has 0 spiro atoms. The zero-order chi connectivity index (χ0) is 18.2. The zero-order valence-corrected chi connectivity index (χ0v) is 18.6. The molecule has 1 aliphatic rings. The van der Waals surface area contributed by atoms with Crippen LogP contribution in [0.5, 0.6) is 0 Å². The quantitative estimate of drug-likeness (QED) is 0.362. The molecule has 0 saturated carbocycles. The third-order valence-electron chi connectivity index (χ3n) is 4.90. The summed E-state index contributed by atoms with van der Waals surface area (Å²) >= 11 is 0. The molecule has 1 aromatic carbocycles. The average Bonchev–Trinajstić information content (AvgIpc) is 3.27. The number of nitrogens with zero attached hydrogens (tertiary/aromatic N) is 4. The summed E-state index contributed by atoms with van der Waals surface area (Å²) in [4.78, 5) is 7.28. The molecule has 0 amide bonds. The van der Waals surface area contributed by atoms with Crippen LogP contribution in [0.1, 0.15) is 31.0 Å². The summed E-state index contributed by atoms with van der Waals surface area (Å²) < 4.78 is 1.87. The molecule has 0 aliphatic carbocycles. The van der Waals surface area contributed by atoms with Crippen molar-refractivity contribution < 1.29 is 0 Å². The average molecular weight is 482 g/mol. The Balaban J connectivity index is 0.00000261. The van der Waals surface area contributed by atoms with Crippen LogP contribution in [0.2, 0.25) is 0 Å². The molecule has 0 radical (unpaired) electrons. The van der Waals surface area contributed by atoms with Gasteiger partial charge in [-0.3, -0.25) is 9.58 Å². The Morgan fingerprint density at radius 3 is 2.74 bits per heavy atom. The highest BCUT2D eigenvalue weighted by atomic mass is 127. The number of guanidine groups is 1. The first-order chi connectivity index (χ1) is 12.8. The van der Waals surface area contributed by atoms with Crippen LogP contribution in [0.15, 0.2) is 47.6 Å². The van der Waals surface area contributed by atoms with Crippen molar-refractivity contribution in [2.24, 2.45) is 12.0 Å². The molecular weight excluding hydrogens is 451 g/mol. The van der Waals surface area contributed by atoms with Crippen molar-refractivity contribution in [2.45, 2.75) is 38.9 Å². The van der Waals surface area contributed by atoms with E-state index in [1.807, 2.05) is 24.0 Å². The summed E-state index contributed by atoms with van der Waals surface area (Å²) in [7, 11) is 1.95. The Morgan fingerprint density at radius 2 is 2.04 bits per heavy atom. The molecular formula is C20H31IN6. The van der Waals surface area contributed by atoms with Gasteiger partial charge in [0.05, 0.1) is 12.2 Å². The van der Waals surface area contributed by atoms with E-state index in [0.29, 0.717) is 12.6 Å². The van der Waals surface area contributed by atoms with Crippen molar-refractivity contribution in [2.75, 3.05) is 19.6 Å². The number of hydrogen-bond acceptors (Lipinski definition) is 3. The van der Waals surface area contributed by atoms with E-state index in [9.17, 15) is 0 Å². The molecule has 2 heterocycles. The van der Waals surface area contributed by atoms with Gasteiger partial charge in [0.1, 0.15) is 0 Å². The van der Waals surface area contributed by atoms with Crippen LogP contribution in [0.25, 0.3) is 0 Å². The Bertz CT molecular complexity index is 700. The molecule has 1 aromatic heterocycles. The maximum absolute atomic E-state index is 4.70. The number of aromatic nitrogens is 2. The molecule has 1 saturated heterocycles. The first kappa shape index (κ1) is 21.7. The van der Waals surface area contributed by atoms with Crippen molar-refractivity contribution in [3.8, 4) is 0 Å². The van der Waals surface area contributed by atoms with Gasteiger partial charge in [-0.2, -0.15) is 5.10 Å². The molecule has 7 heteroatoms. The molecule has 1 unspecified atom stereocenters. The van der Waals surface area contributed by atoms with Crippen molar-refractivity contribution >= 4 is 29.9 Å². The van der Waals surface area contributed by atoms with E-state index in [0.717, 1.165) is 31.3 Å². The molecule has 2 N–H and O–H groups in total. The van der Waals surface area contributed by atoms with Gasteiger partial charge in [0.15, 0.2) is 5.96 Å².